The van der Waals surface area contributed by atoms with Crippen molar-refractivity contribution in [1.29, 1.82) is 0 Å². The number of ether oxygens (including phenoxy) is 2. The van der Waals surface area contributed by atoms with Crippen LogP contribution in [0.3, 0.4) is 0 Å². The molecule has 7 heteroatoms. The SMILES string of the molecule is COc1cccc(C(=O)COc2ccc(COS(C)(=O)=O)cc2)c1. The summed E-state index contributed by atoms with van der Waals surface area (Å²) in [5.74, 6) is 0.948. The van der Waals surface area contributed by atoms with Crippen LogP contribution in [0.1, 0.15) is 15.9 Å². The molecule has 0 aliphatic rings. The summed E-state index contributed by atoms with van der Waals surface area (Å²) in [5.41, 5.74) is 1.19. The Balaban J connectivity index is 1.90. The summed E-state index contributed by atoms with van der Waals surface area (Å²) < 4.78 is 37.1. The number of rotatable bonds is 8. The third-order valence-corrected chi connectivity index (χ3v) is 3.67. The fourth-order valence-electron chi connectivity index (χ4n) is 1.89. The lowest BCUT2D eigenvalue weighted by Gasteiger charge is -2.08. The summed E-state index contributed by atoms with van der Waals surface area (Å²) in [6.07, 6.45) is 0.995. The topological polar surface area (TPSA) is 78.9 Å². The van der Waals surface area contributed by atoms with Gasteiger partial charge in [0.1, 0.15) is 11.5 Å². The van der Waals surface area contributed by atoms with Gasteiger partial charge in [-0.25, -0.2) is 0 Å². The molecule has 0 heterocycles. The maximum atomic E-state index is 12.1. The molecule has 2 rings (SSSR count). The highest BCUT2D eigenvalue weighted by Crippen LogP contribution is 2.16. The Bertz CT molecular complexity index is 796. The van der Waals surface area contributed by atoms with Gasteiger partial charge in [0, 0.05) is 5.56 Å². The van der Waals surface area contributed by atoms with Crippen molar-refractivity contribution in [2.45, 2.75) is 6.61 Å². The van der Waals surface area contributed by atoms with Crippen LogP contribution in [0.5, 0.6) is 11.5 Å². The quantitative estimate of drug-likeness (QED) is 0.537. The highest BCUT2D eigenvalue weighted by molar-refractivity contribution is 7.85. The Hall–Kier alpha value is -2.38. The van der Waals surface area contributed by atoms with E-state index in [1.165, 1.54) is 7.11 Å². The minimum atomic E-state index is -3.48. The maximum Gasteiger partial charge on any atom is 0.264 e. The van der Waals surface area contributed by atoms with Crippen LogP contribution < -0.4 is 9.47 Å². The Morgan fingerprint density at radius 3 is 2.38 bits per heavy atom. The van der Waals surface area contributed by atoms with Gasteiger partial charge in [0.2, 0.25) is 0 Å². The van der Waals surface area contributed by atoms with Crippen LogP contribution in [0, 0.1) is 0 Å². The molecule has 24 heavy (non-hydrogen) atoms. The number of ketones is 1. The minimum Gasteiger partial charge on any atom is -0.497 e. The molecular weight excluding hydrogens is 332 g/mol. The van der Waals surface area contributed by atoms with E-state index in [1.54, 1.807) is 48.5 Å². The van der Waals surface area contributed by atoms with Crippen LogP contribution in [-0.4, -0.2) is 34.2 Å². The molecule has 0 aliphatic carbocycles. The summed E-state index contributed by atoms with van der Waals surface area (Å²) >= 11 is 0. The van der Waals surface area contributed by atoms with E-state index in [0.717, 1.165) is 6.26 Å². The zero-order valence-electron chi connectivity index (χ0n) is 13.4. The normalized spacial score (nSPS) is 11.1. The second-order valence-electron chi connectivity index (χ2n) is 5.05. The van der Waals surface area contributed by atoms with Gasteiger partial charge < -0.3 is 9.47 Å². The van der Waals surface area contributed by atoms with Gasteiger partial charge in [-0.3, -0.25) is 8.98 Å². The second-order valence-corrected chi connectivity index (χ2v) is 6.70. The number of hydrogen-bond donors (Lipinski definition) is 0. The fourth-order valence-corrected chi connectivity index (χ4v) is 2.24. The Labute approximate surface area is 141 Å². The van der Waals surface area contributed by atoms with Gasteiger partial charge in [-0.2, -0.15) is 8.42 Å². The van der Waals surface area contributed by atoms with Gasteiger partial charge in [-0.15, -0.1) is 0 Å². The maximum absolute atomic E-state index is 12.1. The van der Waals surface area contributed by atoms with Crippen LogP contribution in [0.25, 0.3) is 0 Å². The monoisotopic (exact) mass is 350 g/mol. The summed E-state index contributed by atoms with van der Waals surface area (Å²) in [6, 6.07) is 13.5. The van der Waals surface area contributed by atoms with Crippen molar-refractivity contribution in [2.75, 3.05) is 20.0 Å². The van der Waals surface area contributed by atoms with Crippen molar-refractivity contribution in [3.8, 4) is 11.5 Å². The Morgan fingerprint density at radius 1 is 1.04 bits per heavy atom. The second kappa shape index (κ2) is 7.94. The van der Waals surface area contributed by atoms with Gasteiger partial charge >= 0.3 is 0 Å². The van der Waals surface area contributed by atoms with Gasteiger partial charge in [-0.1, -0.05) is 24.3 Å². The minimum absolute atomic E-state index is 0.0398. The molecule has 0 radical (unpaired) electrons. The van der Waals surface area contributed by atoms with Crippen LogP contribution in [-0.2, 0) is 20.9 Å². The standard InChI is InChI=1S/C17H18O6S/c1-21-16-5-3-4-14(10-16)17(18)12-22-15-8-6-13(7-9-15)11-23-24(2,19)20/h3-10H,11-12H2,1-2H3. The number of carbonyl (C=O) groups is 1. The first-order valence-electron chi connectivity index (χ1n) is 7.11. The van der Waals surface area contributed by atoms with Gasteiger partial charge in [-0.05, 0) is 29.8 Å². The molecule has 2 aromatic carbocycles. The zero-order valence-corrected chi connectivity index (χ0v) is 14.2. The number of benzene rings is 2. The third kappa shape index (κ3) is 5.68. The lowest BCUT2D eigenvalue weighted by molar-refractivity contribution is 0.0921. The molecule has 0 aromatic heterocycles. The van der Waals surface area contributed by atoms with Crippen molar-refractivity contribution in [3.63, 3.8) is 0 Å². The predicted octanol–water partition coefficient (Wildman–Crippen LogP) is 2.43. The Kier molecular flexibility index (Phi) is 5.94. The third-order valence-electron chi connectivity index (χ3n) is 3.12. The molecule has 0 spiro atoms. The molecule has 0 saturated carbocycles. The van der Waals surface area contributed by atoms with E-state index in [0.29, 0.717) is 22.6 Å². The van der Waals surface area contributed by atoms with E-state index in [4.69, 9.17) is 13.7 Å². The summed E-state index contributed by atoms with van der Waals surface area (Å²) in [7, 11) is -1.94. The lowest BCUT2D eigenvalue weighted by atomic mass is 10.1. The highest BCUT2D eigenvalue weighted by atomic mass is 32.2. The zero-order chi connectivity index (χ0) is 17.6. The van der Waals surface area contributed by atoms with Crippen molar-refractivity contribution in [2.24, 2.45) is 0 Å². The van der Waals surface area contributed by atoms with E-state index in [-0.39, 0.29) is 19.0 Å². The summed E-state index contributed by atoms with van der Waals surface area (Å²) in [5, 5.41) is 0. The highest BCUT2D eigenvalue weighted by Gasteiger charge is 2.08. The first-order valence-corrected chi connectivity index (χ1v) is 8.92. The van der Waals surface area contributed by atoms with Gasteiger partial charge in [0.05, 0.1) is 20.0 Å². The molecule has 0 unspecified atom stereocenters. The largest absolute Gasteiger partial charge is 0.497 e. The molecule has 0 amide bonds. The van der Waals surface area contributed by atoms with Crippen LogP contribution in [0.4, 0.5) is 0 Å². The van der Waals surface area contributed by atoms with Crippen molar-refractivity contribution < 1.29 is 26.9 Å². The lowest BCUT2D eigenvalue weighted by Crippen LogP contribution is -2.11. The molecule has 0 fully saturated rings. The molecule has 0 saturated heterocycles. The molecule has 0 N–H and O–H groups in total. The van der Waals surface area contributed by atoms with Crippen molar-refractivity contribution in [3.05, 3.63) is 59.7 Å². The number of methoxy groups -OCH3 is 1. The summed E-state index contributed by atoms with van der Waals surface area (Å²) in [6.45, 7) is -0.145. The van der Waals surface area contributed by atoms with E-state index in [2.05, 4.69) is 0 Å². The Morgan fingerprint density at radius 2 is 1.75 bits per heavy atom. The molecular formula is C17H18O6S. The number of Topliss-reactive ketones (excluding diaryl/α,β-unsaturated/α-hetero) is 1. The molecule has 0 aliphatic heterocycles. The first kappa shape index (κ1) is 18.0. The average Bonchev–Trinajstić information content (AvgIpc) is 2.58. The van der Waals surface area contributed by atoms with E-state index in [1.807, 2.05) is 0 Å². The predicted molar refractivity (Wildman–Crippen MR) is 88.9 cm³/mol. The van der Waals surface area contributed by atoms with Crippen molar-refractivity contribution >= 4 is 15.9 Å². The fraction of sp³-hybridized carbons (Fsp3) is 0.235. The van der Waals surface area contributed by atoms with E-state index < -0.39 is 10.1 Å². The van der Waals surface area contributed by atoms with Gasteiger partial charge in [0.15, 0.2) is 12.4 Å². The van der Waals surface area contributed by atoms with Crippen LogP contribution >= 0.6 is 0 Å². The van der Waals surface area contributed by atoms with E-state index >= 15 is 0 Å². The van der Waals surface area contributed by atoms with Crippen LogP contribution in [0.2, 0.25) is 0 Å². The number of carbonyl (C=O) groups excluding carboxylic acids is 1. The van der Waals surface area contributed by atoms with E-state index in [9.17, 15) is 13.2 Å². The van der Waals surface area contributed by atoms with Crippen LogP contribution in [0.15, 0.2) is 48.5 Å². The van der Waals surface area contributed by atoms with Crippen molar-refractivity contribution in [1.82, 2.24) is 0 Å². The molecule has 0 bridgehead atoms. The molecule has 0 atom stereocenters. The first-order chi connectivity index (χ1) is 11.4. The average molecular weight is 350 g/mol. The smallest absolute Gasteiger partial charge is 0.264 e. The summed E-state index contributed by atoms with van der Waals surface area (Å²) in [4.78, 5) is 12.1. The molecule has 6 nitrogen and oxygen atoms in total. The molecule has 128 valence electrons. The number of hydrogen-bond acceptors (Lipinski definition) is 6. The molecule has 2 aromatic rings. The van der Waals surface area contributed by atoms with Gasteiger partial charge in [0.25, 0.3) is 10.1 Å².